The van der Waals surface area contributed by atoms with Gasteiger partial charge in [-0.1, -0.05) is 35.3 Å². The average molecular weight is 341 g/mol. The Bertz CT molecular complexity index is 707. The number of benzene rings is 2. The smallest absolute Gasteiger partial charge is 0.319 e. The van der Waals surface area contributed by atoms with Crippen LogP contribution in [0.1, 0.15) is 24.1 Å². The first-order valence-electron chi connectivity index (χ1n) is 6.65. The molecule has 0 radical (unpaired) electrons. The highest BCUT2D eigenvalue weighted by atomic mass is 35.5. The summed E-state index contributed by atoms with van der Waals surface area (Å²) in [5.41, 5.74) is 1.65. The molecule has 0 unspecified atom stereocenters. The number of carbonyl (C=O) groups excluding carboxylic acids is 1. The largest absolute Gasteiger partial charge is 0.331 e. The molecule has 0 heterocycles. The molecule has 2 rings (SSSR count). The van der Waals surface area contributed by atoms with Gasteiger partial charge in [0.25, 0.3) is 0 Å². The molecule has 2 aromatic carbocycles. The monoisotopic (exact) mass is 340 g/mol. The first kappa shape index (κ1) is 16.6. The van der Waals surface area contributed by atoms with Crippen molar-refractivity contribution in [2.45, 2.75) is 19.9 Å². The predicted octanol–water partition coefficient (Wildman–Crippen LogP) is 5.32. The highest BCUT2D eigenvalue weighted by Crippen LogP contribution is 2.26. The van der Waals surface area contributed by atoms with Gasteiger partial charge in [0.05, 0.1) is 6.04 Å². The Balaban J connectivity index is 2.03. The topological polar surface area (TPSA) is 41.1 Å². The van der Waals surface area contributed by atoms with Gasteiger partial charge in [0.15, 0.2) is 0 Å². The third kappa shape index (κ3) is 4.12. The van der Waals surface area contributed by atoms with Crippen molar-refractivity contribution in [2.75, 3.05) is 5.32 Å². The van der Waals surface area contributed by atoms with Gasteiger partial charge in [-0.05, 0) is 49.2 Å². The van der Waals surface area contributed by atoms with E-state index in [-0.39, 0.29) is 11.9 Å². The van der Waals surface area contributed by atoms with Crippen molar-refractivity contribution < 1.29 is 9.18 Å². The molecule has 2 amide bonds. The second-order valence-corrected chi connectivity index (χ2v) is 5.79. The number of anilines is 1. The molecule has 1 atom stereocenters. The third-order valence-electron chi connectivity index (χ3n) is 3.21. The summed E-state index contributed by atoms with van der Waals surface area (Å²) in [5.74, 6) is -0.369. The summed E-state index contributed by atoms with van der Waals surface area (Å²) in [6.45, 7) is 3.45. The van der Waals surface area contributed by atoms with Crippen LogP contribution in [0.4, 0.5) is 14.9 Å². The van der Waals surface area contributed by atoms with E-state index in [2.05, 4.69) is 10.6 Å². The number of carbonyl (C=O) groups is 1. The molecule has 0 saturated heterocycles. The van der Waals surface area contributed by atoms with Crippen LogP contribution in [0.3, 0.4) is 0 Å². The van der Waals surface area contributed by atoms with Gasteiger partial charge in [-0.3, -0.25) is 0 Å². The first-order chi connectivity index (χ1) is 10.4. The number of aryl methyl sites for hydroxylation is 1. The first-order valence-corrected chi connectivity index (χ1v) is 7.41. The zero-order valence-corrected chi connectivity index (χ0v) is 13.6. The number of urea groups is 1. The summed E-state index contributed by atoms with van der Waals surface area (Å²) in [4.78, 5) is 12.0. The van der Waals surface area contributed by atoms with Crippen LogP contribution in [0, 0.1) is 12.7 Å². The van der Waals surface area contributed by atoms with Crippen LogP contribution >= 0.6 is 23.2 Å². The second-order valence-electron chi connectivity index (χ2n) is 4.95. The Hall–Kier alpha value is -1.78. The van der Waals surface area contributed by atoms with Crippen molar-refractivity contribution >= 4 is 34.9 Å². The molecular formula is C16H15Cl2FN2O. The van der Waals surface area contributed by atoms with E-state index in [1.54, 1.807) is 44.2 Å². The molecule has 0 aromatic heterocycles. The lowest BCUT2D eigenvalue weighted by atomic mass is 10.1. The fourth-order valence-corrected chi connectivity index (χ4v) is 2.54. The maximum Gasteiger partial charge on any atom is 0.319 e. The lowest BCUT2D eigenvalue weighted by Gasteiger charge is -2.16. The summed E-state index contributed by atoms with van der Waals surface area (Å²) >= 11 is 11.9. The van der Waals surface area contributed by atoms with Gasteiger partial charge in [0.2, 0.25) is 0 Å². The van der Waals surface area contributed by atoms with E-state index in [9.17, 15) is 9.18 Å². The van der Waals surface area contributed by atoms with E-state index in [0.29, 0.717) is 21.3 Å². The Morgan fingerprint density at radius 3 is 2.55 bits per heavy atom. The normalized spacial score (nSPS) is 11.9. The van der Waals surface area contributed by atoms with Gasteiger partial charge in [0, 0.05) is 15.7 Å². The van der Waals surface area contributed by atoms with Crippen LogP contribution in [0.5, 0.6) is 0 Å². The zero-order chi connectivity index (χ0) is 16.3. The molecular weight excluding hydrogens is 326 g/mol. The number of halogens is 3. The molecule has 2 N–H and O–H groups in total. The SMILES string of the molecule is Cc1ccc(NC(=O)N[C@H](C)c2ccc(Cl)cc2Cl)cc1F. The van der Waals surface area contributed by atoms with Crippen molar-refractivity contribution in [1.82, 2.24) is 5.32 Å². The third-order valence-corrected chi connectivity index (χ3v) is 3.77. The number of amides is 2. The fraction of sp³-hybridized carbons (Fsp3) is 0.188. The maximum absolute atomic E-state index is 13.4. The van der Waals surface area contributed by atoms with E-state index in [4.69, 9.17) is 23.2 Å². The Labute approximate surface area is 138 Å². The van der Waals surface area contributed by atoms with Gasteiger partial charge >= 0.3 is 6.03 Å². The summed E-state index contributed by atoms with van der Waals surface area (Å²) < 4.78 is 13.4. The highest BCUT2D eigenvalue weighted by molar-refractivity contribution is 6.35. The van der Waals surface area contributed by atoms with Crippen LogP contribution < -0.4 is 10.6 Å². The molecule has 0 saturated carbocycles. The number of nitrogens with one attached hydrogen (secondary N) is 2. The highest BCUT2D eigenvalue weighted by Gasteiger charge is 2.13. The second kappa shape index (κ2) is 6.99. The van der Waals surface area contributed by atoms with Crippen molar-refractivity contribution in [3.8, 4) is 0 Å². The minimum absolute atomic E-state index is 0.319. The molecule has 0 aliphatic carbocycles. The quantitative estimate of drug-likeness (QED) is 0.779. The van der Waals surface area contributed by atoms with Crippen LogP contribution in [0.2, 0.25) is 10.0 Å². The maximum atomic E-state index is 13.4. The number of hydrogen-bond acceptors (Lipinski definition) is 1. The van der Waals surface area contributed by atoms with Gasteiger partial charge in [0.1, 0.15) is 5.82 Å². The standard InChI is InChI=1S/C16H15Cl2FN2O/c1-9-3-5-12(8-15(9)19)21-16(22)20-10(2)13-6-4-11(17)7-14(13)18/h3-8,10H,1-2H3,(H2,20,21,22)/t10-/m1/s1. The van der Waals surface area contributed by atoms with Crippen molar-refractivity contribution in [2.24, 2.45) is 0 Å². The molecule has 0 bridgehead atoms. The lowest BCUT2D eigenvalue weighted by molar-refractivity contribution is 0.249. The van der Waals surface area contributed by atoms with E-state index in [0.717, 1.165) is 5.56 Å². The van der Waals surface area contributed by atoms with Crippen molar-refractivity contribution in [3.05, 3.63) is 63.4 Å². The number of hydrogen-bond donors (Lipinski definition) is 2. The van der Waals surface area contributed by atoms with Crippen LogP contribution in [0.15, 0.2) is 36.4 Å². The van der Waals surface area contributed by atoms with Crippen LogP contribution in [0.25, 0.3) is 0 Å². The molecule has 22 heavy (non-hydrogen) atoms. The van der Waals surface area contributed by atoms with Crippen molar-refractivity contribution in [3.63, 3.8) is 0 Å². The van der Waals surface area contributed by atoms with Crippen LogP contribution in [-0.2, 0) is 0 Å². The molecule has 2 aromatic rings. The average Bonchev–Trinajstić information content (AvgIpc) is 2.42. The summed E-state index contributed by atoms with van der Waals surface area (Å²) in [5, 5.41) is 6.32. The van der Waals surface area contributed by atoms with E-state index < -0.39 is 6.03 Å². The predicted molar refractivity (Wildman–Crippen MR) is 88.2 cm³/mol. The molecule has 0 spiro atoms. The minimum Gasteiger partial charge on any atom is -0.331 e. The van der Waals surface area contributed by atoms with E-state index in [1.807, 2.05) is 0 Å². The zero-order valence-electron chi connectivity index (χ0n) is 12.1. The van der Waals surface area contributed by atoms with Gasteiger partial charge in [-0.25, -0.2) is 9.18 Å². The van der Waals surface area contributed by atoms with Gasteiger partial charge in [-0.15, -0.1) is 0 Å². The minimum atomic E-state index is -0.443. The lowest BCUT2D eigenvalue weighted by Crippen LogP contribution is -2.31. The Morgan fingerprint density at radius 2 is 1.91 bits per heavy atom. The molecule has 6 heteroatoms. The molecule has 3 nitrogen and oxygen atoms in total. The molecule has 0 fully saturated rings. The fourth-order valence-electron chi connectivity index (χ4n) is 1.96. The Morgan fingerprint density at radius 1 is 1.18 bits per heavy atom. The summed E-state index contributed by atoms with van der Waals surface area (Å²) in [6, 6.07) is 8.82. The molecule has 0 aliphatic rings. The van der Waals surface area contributed by atoms with Gasteiger partial charge < -0.3 is 10.6 Å². The van der Waals surface area contributed by atoms with Gasteiger partial charge in [-0.2, -0.15) is 0 Å². The van der Waals surface area contributed by atoms with E-state index in [1.165, 1.54) is 6.07 Å². The summed E-state index contributed by atoms with van der Waals surface area (Å²) in [6.07, 6.45) is 0. The summed E-state index contributed by atoms with van der Waals surface area (Å²) in [7, 11) is 0. The number of rotatable bonds is 3. The van der Waals surface area contributed by atoms with E-state index >= 15 is 0 Å². The molecule has 116 valence electrons. The molecule has 0 aliphatic heterocycles. The van der Waals surface area contributed by atoms with Crippen LogP contribution in [-0.4, -0.2) is 6.03 Å². The van der Waals surface area contributed by atoms with Crippen molar-refractivity contribution in [1.29, 1.82) is 0 Å². The Kier molecular flexibility index (Phi) is 5.27.